The molecule has 0 bridgehead atoms. The molecule has 1 rings (SSSR count). The molecule has 0 aromatic heterocycles. The fourth-order valence-corrected chi connectivity index (χ4v) is 3.43. The van der Waals surface area contributed by atoms with Crippen LogP contribution >= 0.6 is 11.6 Å². The molecule has 0 radical (unpaired) electrons. The van der Waals surface area contributed by atoms with E-state index in [-0.39, 0.29) is 0 Å². The molecule has 0 N–H and O–H groups in total. The second-order valence-electron chi connectivity index (χ2n) is 3.82. The minimum absolute atomic E-state index is 0.758. The average Bonchev–Trinajstić information content (AvgIpc) is 2.02. The van der Waals surface area contributed by atoms with Crippen LogP contribution in [0.3, 0.4) is 0 Å². The van der Waals surface area contributed by atoms with Crippen molar-refractivity contribution in [3.05, 3.63) is 41.6 Å². The summed E-state index contributed by atoms with van der Waals surface area (Å²) in [6.45, 7) is 9.94. The highest BCUT2D eigenvalue weighted by Gasteiger charge is 2.26. The Balaban J connectivity index is 2.91. The Labute approximate surface area is 91.5 Å². The number of benzene rings is 1. The zero-order valence-electron chi connectivity index (χ0n) is 8.80. The SMILES string of the molecule is C=C(C)O[Si](C)(C)c1ccc(Cl)cc1. The molecular weight excluding hydrogens is 212 g/mol. The summed E-state index contributed by atoms with van der Waals surface area (Å²) in [5.74, 6) is 0.775. The van der Waals surface area contributed by atoms with Gasteiger partial charge in [0.1, 0.15) is 0 Å². The molecule has 0 aliphatic carbocycles. The Morgan fingerprint density at radius 3 is 2.21 bits per heavy atom. The van der Waals surface area contributed by atoms with E-state index in [1.54, 1.807) is 0 Å². The summed E-state index contributed by atoms with van der Waals surface area (Å²) in [6.07, 6.45) is 0. The van der Waals surface area contributed by atoms with Gasteiger partial charge in [-0.1, -0.05) is 30.3 Å². The molecular formula is C11H15ClOSi. The van der Waals surface area contributed by atoms with Gasteiger partial charge < -0.3 is 4.43 Å². The number of halogens is 1. The number of allylic oxidation sites excluding steroid dienone is 1. The van der Waals surface area contributed by atoms with Crippen molar-refractivity contribution in [1.82, 2.24) is 0 Å². The van der Waals surface area contributed by atoms with Crippen LogP contribution in [0.1, 0.15) is 6.92 Å². The third kappa shape index (κ3) is 2.89. The summed E-state index contributed by atoms with van der Waals surface area (Å²) in [4.78, 5) is 0. The first-order chi connectivity index (χ1) is 6.42. The summed E-state index contributed by atoms with van der Waals surface area (Å²) in [5.41, 5.74) is 0. The predicted molar refractivity (Wildman–Crippen MR) is 64.5 cm³/mol. The van der Waals surface area contributed by atoms with Gasteiger partial charge in [0.25, 0.3) is 8.32 Å². The molecule has 0 spiro atoms. The lowest BCUT2D eigenvalue weighted by molar-refractivity contribution is 0.433. The molecule has 76 valence electrons. The maximum Gasteiger partial charge on any atom is 0.276 e. The molecule has 0 amide bonds. The van der Waals surface area contributed by atoms with Crippen LogP contribution in [0.2, 0.25) is 18.1 Å². The van der Waals surface area contributed by atoms with Crippen molar-refractivity contribution in [2.24, 2.45) is 0 Å². The molecule has 14 heavy (non-hydrogen) atoms. The molecule has 3 heteroatoms. The van der Waals surface area contributed by atoms with E-state index in [0.29, 0.717) is 0 Å². The number of rotatable bonds is 3. The molecule has 0 fully saturated rings. The van der Waals surface area contributed by atoms with E-state index in [4.69, 9.17) is 16.0 Å². The van der Waals surface area contributed by atoms with E-state index < -0.39 is 8.32 Å². The second-order valence-corrected chi connectivity index (χ2v) is 8.06. The smallest absolute Gasteiger partial charge is 0.276 e. The highest BCUT2D eigenvalue weighted by Crippen LogP contribution is 2.12. The minimum Gasteiger partial charge on any atom is -0.543 e. The summed E-state index contributed by atoms with van der Waals surface area (Å²) in [5, 5.41) is 1.98. The Morgan fingerprint density at radius 1 is 1.29 bits per heavy atom. The fraction of sp³-hybridized carbons (Fsp3) is 0.273. The van der Waals surface area contributed by atoms with Gasteiger partial charge in [-0.05, 0) is 37.3 Å². The van der Waals surface area contributed by atoms with Gasteiger partial charge in [-0.15, -0.1) is 0 Å². The molecule has 1 aromatic carbocycles. The van der Waals surface area contributed by atoms with Gasteiger partial charge in [0.2, 0.25) is 0 Å². The topological polar surface area (TPSA) is 9.23 Å². The molecule has 0 aliphatic rings. The van der Waals surface area contributed by atoms with Gasteiger partial charge in [-0.3, -0.25) is 0 Å². The van der Waals surface area contributed by atoms with E-state index in [0.717, 1.165) is 10.8 Å². The van der Waals surface area contributed by atoms with Crippen molar-refractivity contribution in [2.75, 3.05) is 0 Å². The quantitative estimate of drug-likeness (QED) is 0.568. The van der Waals surface area contributed by atoms with E-state index in [1.165, 1.54) is 5.19 Å². The summed E-state index contributed by atoms with van der Waals surface area (Å²) in [7, 11) is -1.82. The van der Waals surface area contributed by atoms with Crippen molar-refractivity contribution in [3.63, 3.8) is 0 Å². The number of hydrogen-bond acceptors (Lipinski definition) is 1. The largest absolute Gasteiger partial charge is 0.543 e. The molecule has 0 unspecified atom stereocenters. The lowest BCUT2D eigenvalue weighted by Crippen LogP contribution is -2.44. The molecule has 0 heterocycles. The van der Waals surface area contributed by atoms with Gasteiger partial charge in [0.05, 0.1) is 5.76 Å². The third-order valence-electron chi connectivity index (χ3n) is 1.97. The van der Waals surface area contributed by atoms with Crippen LogP contribution in [0.5, 0.6) is 0 Å². The Morgan fingerprint density at radius 2 is 1.79 bits per heavy atom. The van der Waals surface area contributed by atoms with Crippen molar-refractivity contribution in [1.29, 1.82) is 0 Å². The standard InChI is InChI=1S/C11H15ClOSi/c1-9(2)13-14(3,4)11-7-5-10(12)6-8-11/h5-8H,1H2,2-4H3. The van der Waals surface area contributed by atoms with Crippen LogP contribution in [0.25, 0.3) is 0 Å². The number of hydrogen-bond donors (Lipinski definition) is 0. The normalized spacial score (nSPS) is 11.1. The van der Waals surface area contributed by atoms with E-state index >= 15 is 0 Å². The zero-order chi connectivity index (χ0) is 10.8. The van der Waals surface area contributed by atoms with Gasteiger partial charge in [-0.2, -0.15) is 0 Å². The second kappa shape index (κ2) is 4.19. The van der Waals surface area contributed by atoms with Crippen LogP contribution in [-0.4, -0.2) is 8.32 Å². The van der Waals surface area contributed by atoms with Gasteiger partial charge in [0.15, 0.2) is 0 Å². The molecule has 1 aromatic rings. The lowest BCUT2D eigenvalue weighted by Gasteiger charge is -2.24. The van der Waals surface area contributed by atoms with Crippen molar-refractivity contribution in [2.45, 2.75) is 20.0 Å². The van der Waals surface area contributed by atoms with Crippen LogP contribution in [0.4, 0.5) is 0 Å². The first-order valence-electron chi connectivity index (χ1n) is 4.52. The summed E-state index contributed by atoms with van der Waals surface area (Å²) < 4.78 is 5.76. The molecule has 1 nitrogen and oxygen atoms in total. The highest BCUT2D eigenvalue weighted by molar-refractivity contribution is 6.84. The molecule has 0 saturated heterocycles. The van der Waals surface area contributed by atoms with Crippen molar-refractivity contribution >= 4 is 25.1 Å². The Kier molecular flexibility index (Phi) is 3.40. The first-order valence-corrected chi connectivity index (χ1v) is 7.81. The van der Waals surface area contributed by atoms with Gasteiger partial charge >= 0.3 is 0 Å². The molecule has 0 aliphatic heterocycles. The van der Waals surface area contributed by atoms with Gasteiger partial charge in [0, 0.05) is 5.02 Å². The monoisotopic (exact) mass is 226 g/mol. The zero-order valence-corrected chi connectivity index (χ0v) is 10.6. The van der Waals surface area contributed by atoms with Crippen molar-refractivity contribution in [3.8, 4) is 0 Å². The average molecular weight is 227 g/mol. The Bertz CT molecular complexity index is 330. The van der Waals surface area contributed by atoms with Crippen LogP contribution in [0, 0.1) is 0 Å². The first kappa shape index (κ1) is 11.3. The van der Waals surface area contributed by atoms with Crippen LogP contribution in [0.15, 0.2) is 36.6 Å². The molecule has 0 atom stereocenters. The van der Waals surface area contributed by atoms with E-state index in [9.17, 15) is 0 Å². The predicted octanol–water partition coefficient (Wildman–Crippen LogP) is 3.30. The summed E-state index contributed by atoms with van der Waals surface area (Å²) in [6, 6.07) is 7.84. The minimum atomic E-state index is -1.82. The third-order valence-corrected chi connectivity index (χ3v) is 4.80. The molecule has 0 saturated carbocycles. The highest BCUT2D eigenvalue weighted by atomic mass is 35.5. The lowest BCUT2D eigenvalue weighted by atomic mass is 10.4. The van der Waals surface area contributed by atoms with E-state index in [2.05, 4.69) is 19.7 Å². The maximum atomic E-state index is 5.82. The Hall–Kier alpha value is -0.733. The summed E-state index contributed by atoms with van der Waals surface area (Å²) >= 11 is 5.82. The van der Waals surface area contributed by atoms with Crippen LogP contribution in [-0.2, 0) is 4.43 Å². The van der Waals surface area contributed by atoms with Gasteiger partial charge in [-0.25, -0.2) is 0 Å². The van der Waals surface area contributed by atoms with Crippen molar-refractivity contribution < 1.29 is 4.43 Å². The van der Waals surface area contributed by atoms with E-state index in [1.807, 2.05) is 31.2 Å². The maximum absolute atomic E-state index is 5.82. The fourth-order valence-electron chi connectivity index (χ4n) is 1.35. The van der Waals surface area contributed by atoms with Crippen LogP contribution < -0.4 is 5.19 Å².